The number of rotatable bonds is 2. The third-order valence-electron chi connectivity index (χ3n) is 1.79. The molecule has 2 heterocycles. The van der Waals surface area contributed by atoms with Gasteiger partial charge in [0, 0.05) is 23.1 Å². The van der Waals surface area contributed by atoms with Crippen LogP contribution in [0.15, 0.2) is 35.6 Å². The van der Waals surface area contributed by atoms with Crippen molar-refractivity contribution < 1.29 is 8.42 Å². The number of aromatic nitrogens is 3. The molecule has 0 aliphatic heterocycles. The standard InChI is InChI=1S/C8H5Cl2N3O2S/c9-6-3-4-11-8(12-6)13-5-1-2-7(13)16(10,14)15/h1-5H. The van der Waals surface area contributed by atoms with E-state index in [0.717, 1.165) is 0 Å². The number of halogens is 2. The van der Waals surface area contributed by atoms with Gasteiger partial charge in [0.15, 0.2) is 5.03 Å². The quantitative estimate of drug-likeness (QED) is 0.621. The van der Waals surface area contributed by atoms with E-state index >= 15 is 0 Å². The van der Waals surface area contributed by atoms with E-state index in [-0.39, 0.29) is 16.1 Å². The Morgan fingerprint density at radius 1 is 1.31 bits per heavy atom. The summed E-state index contributed by atoms with van der Waals surface area (Å²) in [6, 6.07) is 4.37. The van der Waals surface area contributed by atoms with Crippen LogP contribution in [0, 0.1) is 0 Å². The molecule has 84 valence electrons. The highest BCUT2D eigenvalue weighted by Gasteiger charge is 2.17. The molecular formula is C8H5Cl2N3O2S. The Morgan fingerprint density at radius 3 is 2.69 bits per heavy atom. The van der Waals surface area contributed by atoms with Crippen LogP contribution in [0.1, 0.15) is 0 Å². The van der Waals surface area contributed by atoms with Crippen LogP contribution in [0.25, 0.3) is 5.95 Å². The Bertz CT molecular complexity index is 624. The summed E-state index contributed by atoms with van der Waals surface area (Å²) in [7, 11) is 1.42. The van der Waals surface area contributed by atoms with Gasteiger partial charge in [0.1, 0.15) is 5.15 Å². The summed E-state index contributed by atoms with van der Waals surface area (Å²) in [6.07, 6.45) is 2.91. The summed E-state index contributed by atoms with van der Waals surface area (Å²) in [5, 5.41) is 0.119. The van der Waals surface area contributed by atoms with Gasteiger partial charge in [0.25, 0.3) is 9.05 Å². The molecule has 0 aliphatic rings. The van der Waals surface area contributed by atoms with Gasteiger partial charge >= 0.3 is 0 Å². The van der Waals surface area contributed by atoms with Crippen LogP contribution in [0.4, 0.5) is 0 Å². The zero-order valence-corrected chi connectivity index (χ0v) is 10.0. The van der Waals surface area contributed by atoms with E-state index in [1.54, 1.807) is 0 Å². The second-order valence-electron chi connectivity index (χ2n) is 2.83. The van der Waals surface area contributed by atoms with Crippen LogP contribution in [0.3, 0.4) is 0 Å². The maximum atomic E-state index is 11.2. The molecular weight excluding hydrogens is 273 g/mol. The number of nitrogens with zero attached hydrogens (tertiary/aromatic N) is 3. The Hall–Kier alpha value is -1.11. The van der Waals surface area contributed by atoms with E-state index in [4.69, 9.17) is 22.3 Å². The van der Waals surface area contributed by atoms with Crippen LogP contribution in [-0.4, -0.2) is 23.0 Å². The lowest BCUT2D eigenvalue weighted by atomic mass is 10.6. The molecule has 0 amide bonds. The third kappa shape index (κ3) is 2.18. The Balaban J connectivity index is 2.62. The molecule has 5 nitrogen and oxygen atoms in total. The van der Waals surface area contributed by atoms with Crippen molar-refractivity contribution in [2.24, 2.45) is 0 Å². The summed E-state index contributed by atoms with van der Waals surface area (Å²) >= 11 is 5.68. The lowest BCUT2D eigenvalue weighted by Gasteiger charge is -2.04. The maximum absolute atomic E-state index is 11.2. The summed E-state index contributed by atoms with van der Waals surface area (Å²) in [5.74, 6) is 0.150. The average molecular weight is 278 g/mol. The van der Waals surface area contributed by atoms with Crippen LogP contribution < -0.4 is 0 Å². The highest BCUT2D eigenvalue weighted by Crippen LogP contribution is 2.18. The van der Waals surface area contributed by atoms with Crippen molar-refractivity contribution in [1.29, 1.82) is 0 Å². The highest BCUT2D eigenvalue weighted by atomic mass is 35.7. The number of hydrogen-bond acceptors (Lipinski definition) is 4. The van der Waals surface area contributed by atoms with E-state index < -0.39 is 9.05 Å². The van der Waals surface area contributed by atoms with E-state index in [0.29, 0.717) is 0 Å². The Kier molecular flexibility index (Phi) is 2.88. The molecule has 0 spiro atoms. The molecule has 0 fully saturated rings. The van der Waals surface area contributed by atoms with Gasteiger partial charge in [-0.3, -0.25) is 4.57 Å². The molecule has 0 saturated heterocycles. The van der Waals surface area contributed by atoms with Gasteiger partial charge in [-0.2, -0.15) is 0 Å². The fourth-order valence-electron chi connectivity index (χ4n) is 1.17. The SMILES string of the molecule is O=S(=O)(Cl)c1cccn1-c1nccc(Cl)n1. The summed E-state index contributed by atoms with van der Waals surface area (Å²) in [5.41, 5.74) is 0. The van der Waals surface area contributed by atoms with Crippen molar-refractivity contribution in [3.63, 3.8) is 0 Å². The van der Waals surface area contributed by atoms with Gasteiger partial charge in [0.05, 0.1) is 0 Å². The monoisotopic (exact) mass is 277 g/mol. The lowest BCUT2D eigenvalue weighted by Crippen LogP contribution is -2.05. The van der Waals surface area contributed by atoms with Crippen LogP contribution in [-0.2, 0) is 9.05 Å². The maximum Gasteiger partial charge on any atom is 0.277 e. The Labute approximate surface area is 101 Å². The first-order chi connectivity index (χ1) is 7.48. The van der Waals surface area contributed by atoms with Gasteiger partial charge in [-0.25, -0.2) is 18.4 Å². The predicted molar refractivity (Wildman–Crippen MR) is 59.4 cm³/mol. The van der Waals surface area contributed by atoms with Gasteiger partial charge in [0.2, 0.25) is 5.95 Å². The van der Waals surface area contributed by atoms with E-state index in [1.807, 2.05) is 0 Å². The molecule has 0 aliphatic carbocycles. The number of hydrogen-bond donors (Lipinski definition) is 0. The molecule has 0 radical (unpaired) electrons. The fourth-order valence-corrected chi connectivity index (χ4v) is 2.30. The second kappa shape index (κ2) is 4.04. The summed E-state index contributed by atoms with van der Waals surface area (Å²) in [4.78, 5) is 7.78. The van der Waals surface area contributed by atoms with Crippen molar-refractivity contribution in [2.45, 2.75) is 5.03 Å². The Morgan fingerprint density at radius 2 is 2.06 bits per heavy atom. The van der Waals surface area contributed by atoms with Gasteiger partial charge in [-0.1, -0.05) is 11.6 Å². The lowest BCUT2D eigenvalue weighted by molar-refractivity contribution is 0.602. The van der Waals surface area contributed by atoms with E-state index in [1.165, 1.54) is 35.2 Å². The largest absolute Gasteiger partial charge is 0.277 e. The second-order valence-corrected chi connectivity index (χ2v) is 5.73. The van der Waals surface area contributed by atoms with Gasteiger partial charge in [-0.15, -0.1) is 0 Å². The smallest absolute Gasteiger partial charge is 0.275 e. The minimum Gasteiger partial charge on any atom is -0.275 e. The van der Waals surface area contributed by atoms with E-state index in [9.17, 15) is 8.42 Å². The third-order valence-corrected chi connectivity index (χ3v) is 3.30. The zero-order valence-electron chi connectivity index (χ0n) is 7.71. The van der Waals surface area contributed by atoms with Crippen LogP contribution in [0.5, 0.6) is 0 Å². The molecule has 0 unspecified atom stereocenters. The van der Waals surface area contributed by atoms with Crippen LogP contribution >= 0.6 is 22.3 Å². The van der Waals surface area contributed by atoms with Gasteiger partial charge < -0.3 is 0 Å². The van der Waals surface area contributed by atoms with Crippen molar-refractivity contribution in [2.75, 3.05) is 0 Å². The molecule has 2 aromatic rings. The molecule has 0 saturated carbocycles. The van der Waals surface area contributed by atoms with Gasteiger partial charge in [-0.05, 0) is 18.2 Å². The fraction of sp³-hybridized carbons (Fsp3) is 0. The molecule has 0 aromatic carbocycles. The minimum atomic E-state index is -3.84. The summed E-state index contributed by atoms with van der Waals surface area (Å²) < 4.78 is 23.7. The normalized spacial score (nSPS) is 11.6. The first kappa shape index (κ1) is 11.4. The molecule has 8 heteroatoms. The van der Waals surface area contributed by atoms with Crippen molar-refractivity contribution in [1.82, 2.24) is 14.5 Å². The molecule has 2 aromatic heterocycles. The topological polar surface area (TPSA) is 64.8 Å². The average Bonchev–Trinajstić information content (AvgIpc) is 2.65. The van der Waals surface area contributed by atoms with Crippen molar-refractivity contribution in [3.05, 3.63) is 35.7 Å². The molecule has 0 atom stereocenters. The van der Waals surface area contributed by atoms with Crippen LogP contribution in [0.2, 0.25) is 5.15 Å². The van der Waals surface area contributed by atoms with Crippen molar-refractivity contribution in [3.8, 4) is 5.95 Å². The van der Waals surface area contributed by atoms with E-state index in [2.05, 4.69) is 9.97 Å². The first-order valence-corrected chi connectivity index (χ1v) is 6.78. The summed E-state index contributed by atoms with van der Waals surface area (Å²) in [6.45, 7) is 0. The first-order valence-electron chi connectivity index (χ1n) is 4.09. The molecule has 16 heavy (non-hydrogen) atoms. The minimum absolute atomic E-state index is 0.101. The molecule has 0 bridgehead atoms. The predicted octanol–water partition coefficient (Wildman–Crippen LogP) is 1.85. The molecule has 0 N–H and O–H groups in total. The molecule has 2 rings (SSSR count). The highest BCUT2D eigenvalue weighted by molar-refractivity contribution is 8.13. The zero-order chi connectivity index (χ0) is 11.8. The van der Waals surface area contributed by atoms with Crippen molar-refractivity contribution >= 4 is 31.3 Å².